The first-order valence-corrected chi connectivity index (χ1v) is 6.84. The fourth-order valence-corrected chi connectivity index (χ4v) is 1.97. The number of ether oxygens (including phenoxy) is 2. The van der Waals surface area contributed by atoms with Gasteiger partial charge in [0, 0.05) is 25.8 Å². The molecule has 0 aromatic rings. The summed E-state index contributed by atoms with van der Waals surface area (Å²) in [7, 11) is 0. The van der Waals surface area contributed by atoms with E-state index >= 15 is 0 Å². The van der Waals surface area contributed by atoms with Crippen LogP contribution in [-0.4, -0.2) is 49.7 Å². The van der Waals surface area contributed by atoms with E-state index in [1.54, 1.807) is 0 Å². The second kappa shape index (κ2) is 8.86. The number of hydrogen-bond donors (Lipinski definition) is 2. The number of nitrogens with one attached hydrogen (secondary N) is 1. The fraction of sp³-hybridized carbons (Fsp3) is 1.00. The minimum Gasteiger partial charge on any atom is -0.389 e. The zero-order chi connectivity index (χ0) is 12.5. The highest BCUT2D eigenvalue weighted by Crippen LogP contribution is 2.15. The van der Waals surface area contributed by atoms with E-state index in [1.165, 1.54) is 0 Å². The predicted octanol–water partition coefficient (Wildman–Crippen LogP) is 1.32. The molecule has 1 saturated heterocycles. The Balaban J connectivity index is 2.00. The van der Waals surface area contributed by atoms with Crippen LogP contribution < -0.4 is 5.32 Å². The molecule has 0 bridgehead atoms. The second-order valence-corrected chi connectivity index (χ2v) is 4.83. The Hall–Kier alpha value is -0.160. The van der Waals surface area contributed by atoms with E-state index in [9.17, 15) is 5.11 Å². The molecule has 1 aliphatic heterocycles. The molecule has 0 spiro atoms. The van der Waals surface area contributed by atoms with Crippen molar-refractivity contribution in [1.82, 2.24) is 5.32 Å². The quantitative estimate of drug-likeness (QED) is 0.602. The van der Waals surface area contributed by atoms with Crippen LogP contribution in [0.15, 0.2) is 0 Å². The molecule has 2 N–H and O–H groups in total. The normalized spacial score (nSPS) is 23.8. The van der Waals surface area contributed by atoms with Crippen LogP contribution in [0.3, 0.4) is 0 Å². The number of rotatable bonds is 9. The van der Waals surface area contributed by atoms with E-state index in [1.807, 2.05) is 0 Å². The average molecular weight is 245 g/mol. The topological polar surface area (TPSA) is 50.7 Å². The first-order chi connectivity index (χ1) is 8.24. The first kappa shape index (κ1) is 14.9. The van der Waals surface area contributed by atoms with Gasteiger partial charge in [0.25, 0.3) is 0 Å². The summed E-state index contributed by atoms with van der Waals surface area (Å²) < 4.78 is 11.0. The highest BCUT2D eigenvalue weighted by Gasteiger charge is 2.22. The third-order valence-electron chi connectivity index (χ3n) is 3.15. The van der Waals surface area contributed by atoms with Gasteiger partial charge in [0.2, 0.25) is 0 Å². The van der Waals surface area contributed by atoms with Crippen LogP contribution in [0.1, 0.15) is 39.5 Å². The lowest BCUT2D eigenvalue weighted by atomic mass is 10.1. The molecule has 0 aromatic heterocycles. The third-order valence-corrected chi connectivity index (χ3v) is 3.15. The molecular formula is C13H27NO3. The summed E-state index contributed by atoms with van der Waals surface area (Å²) in [6, 6.07) is 0.308. The SMILES string of the molecule is CCCCOCC(O)CNC(C)C1CCCO1. The molecule has 17 heavy (non-hydrogen) atoms. The van der Waals surface area contributed by atoms with Crippen LogP contribution in [-0.2, 0) is 9.47 Å². The first-order valence-electron chi connectivity index (χ1n) is 6.84. The van der Waals surface area contributed by atoms with Gasteiger partial charge in [-0.15, -0.1) is 0 Å². The van der Waals surface area contributed by atoms with Crippen molar-refractivity contribution in [3.05, 3.63) is 0 Å². The average Bonchev–Trinajstić information content (AvgIpc) is 2.85. The van der Waals surface area contributed by atoms with Gasteiger partial charge in [0.1, 0.15) is 0 Å². The summed E-state index contributed by atoms with van der Waals surface area (Å²) in [5.41, 5.74) is 0. The Labute approximate surface area is 105 Å². The molecule has 1 fully saturated rings. The summed E-state index contributed by atoms with van der Waals surface area (Å²) in [4.78, 5) is 0. The van der Waals surface area contributed by atoms with E-state index in [4.69, 9.17) is 9.47 Å². The molecule has 0 aromatic carbocycles. The van der Waals surface area contributed by atoms with Gasteiger partial charge in [-0.05, 0) is 26.2 Å². The predicted molar refractivity (Wildman–Crippen MR) is 68.2 cm³/mol. The monoisotopic (exact) mass is 245 g/mol. The van der Waals surface area contributed by atoms with Crippen LogP contribution in [0.2, 0.25) is 0 Å². The van der Waals surface area contributed by atoms with Crippen molar-refractivity contribution in [3.63, 3.8) is 0 Å². The van der Waals surface area contributed by atoms with Gasteiger partial charge >= 0.3 is 0 Å². The Morgan fingerprint density at radius 2 is 2.35 bits per heavy atom. The van der Waals surface area contributed by atoms with Gasteiger partial charge in [-0.3, -0.25) is 0 Å². The summed E-state index contributed by atoms with van der Waals surface area (Å²) >= 11 is 0. The summed E-state index contributed by atoms with van der Waals surface area (Å²) in [6.07, 6.45) is 4.35. The van der Waals surface area contributed by atoms with Crippen molar-refractivity contribution in [1.29, 1.82) is 0 Å². The molecule has 102 valence electrons. The smallest absolute Gasteiger partial charge is 0.0897 e. The fourth-order valence-electron chi connectivity index (χ4n) is 1.97. The third kappa shape index (κ3) is 6.36. The molecule has 0 saturated carbocycles. The molecule has 3 atom stereocenters. The zero-order valence-corrected chi connectivity index (χ0v) is 11.2. The lowest BCUT2D eigenvalue weighted by molar-refractivity contribution is 0.0285. The van der Waals surface area contributed by atoms with E-state index < -0.39 is 6.10 Å². The molecule has 0 aliphatic carbocycles. The Morgan fingerprint density at radius 3 is 3.00 bits per heavy atom. The van der Waals surface area contributed by atoms with Crippen molar-refractivity contribution in [2.24, 2.45) is 0 Å². The lowest BCUT2D eigenvalue weighted by Crippen LogP contribution is -2.42. The molecule has 1 heterocycles. The van der Waals surface area contributed by atoms with Crippen molar-refractivity contribution < 1.29 is 14.6 Å². The van der Waals surface area contributed by atoms with E-state index in [2.05, 4.69) is 19.2 Å². The molecule has 4 nitrogen and oxygen atoms in total. The summed E-state index contributed by atoms with van der Waals surface area (Å²) in [5.74, 6) is 0. The largest absolute Gasteiger partial charge is 0.389 e. The van der Waals surface area contributed by atoms with Crippen molar-refractivity contribution >= 4 is 0 Å². The minimum absolute atomic E-state index is 0.308. The molecule has 0 amide bonds. The van der Waals surface area contributed by atoms with E-state index in [-0.39, 0.29) is 0 Å². The van der Waals surface area contributed by atoms with Crippen LogP contribution in [0.25, 0.3) is 0 Å². The van der Waals surface area contributed by atoms with Crippen molar-refractivity contribution in [2.75, 3.05) is 26.4 Å². The molecule has 0 radical (unpaired) electrons. The molecule has 3 unspecified atom stereocenters. The van der Waals surface area contributed by atoms with Crippen molar-refractivity contribution in [2.45, 2.75) is 57.8 Å². The van der Waals surface area contributed by atoms with E-state index in [0.29, 0.717) is 25.3 Å². The molecule has 1 rings (SSSR count). The Kier molecular flexibility index (Phi) is 7.77. The van der Waals surface area contributed by atoms with Gasteiger partial charge in [-0.25, -0.2) is 0 Å². The second-order valence-electron chi connectivity index (χ2n) is 4.83. The zero-order valence-electron chi connectivity index (χ0n) is 11.2. The van der Waals surface area contributed by atoms with Crippen LogP contribution in [0.5, 0.6) is 0 Å². The molecular weight excluding hydrogens is 218 g/mol. The van der Waals surface area contributed by atoms with Crippen molar-refractivity contribution in [3.8, 4) is 0 Å². The van der Waals surface area contributed by atoms with Crippen LogP contribution in [0.4, 0.5) is 0 Å². The maximum absolute atomic E-state index is 9.71. The van der Waals surface area contributed by atoms with Gasteiger partial charge < -0.3 is 19.9 Å². The lowest BCUT2D eigenvalue weighted by Gasteiger charge is -2.21. The molecule has 1 aliphatic rings. The molecule has 4 heteroatoms. The van der Waals surface area contributed by atoms with E-state index in [0.717, 1.165) is 38.9 Å². The minimum atomic E-state index is -0.421. The van der Waals surface area contributed by atoms with Gasteiger partial charge in [-0.1, -0.05) is 13.3 Å². The van der Waals surface area contributed by atoms with Gasteiger partial charge in [0.05, 0.1) is 18.8 Å². The highest BCUT2D eigenvalue weighted by atomic mass is 16.5. The van der Waals surface area contributed by atoms with Gasteiger partial charge in [0.15, 0.2) is 0 Å². The maximum atomic E-state index is 9.71. The van der Waals surface area contributed by atoms with Crippen LogP contribution in [0, 0.1) is 0 Å². The van der Waals surface area contributed by atoms with Crippen LogP contribution >= 0.6 is 0 Å². The summed E-state index contributed by atoms with van der Waals surface area (Å²) in [5, 5.41) is 13.0. The number of hydrogen-bond acceptors (Lipinski definition) is 4. The maximum Gasteiger partial charge on any atom is 0.0897 e. The Bertz CT molecular complexity index is 184. The Morgan fingerprint density at radius 1 is 1.53 bits per heavy atom. The standard InChI is InChI=1S/C13H27NO3/c1-3-4-7-16-10-12(15)9-14-11(2)13-6-5-8-17-13/h11-15H,3-10H2,1-2H3. The summed E-state index contributed by atoms with van der Waals surface area (Å²) in [6.45, 7) is 6.86. The van der Waals surface area contributed by atoms with Gasteiger partial charge in [-0.2, -0.15) is 0 Å². The number of unbranched alkanes of at least 4 members (excludes halogenated alkanes) is 1. The highest BCUT2D eigenvalue weighted by molar-refractivity contribution is 4.77. The number of aliphatic hydroxyl groups is 1. The number of aliphatic hydroxyl groups excluding tert-OH is 1.